The van der Waals surface area contributed by atoms with Gasteiger partial charge in [-0.25, -0.2) is 24.4 Å². The summed E-state index contributed by atoms with van der Waals surface area (Å²) in [6.07, 6.45) is 0. The number of carbonyl (C=O) groups excluding carboxylic acids is 4. The Bertz CT molecular complexity index is 5370. The Morgan fingerprint density at radius 3 is 1.26 bits per heavy atom. The third-order valence-corrected chi connectivity index (χ3v) is 19.8. The maximum Gasteiger partial charge on any atom is 0.371 e. The number of nitrogens with zero attached hydrogens (tertiary/aromatic N) is 10. The molecule has 107 heavy (non-hydrogen) atoms. The molecule has 4 aromatic carbocycles. The number of piperazine rings is 2. The van der Waals surface area contributed by atoms with E-state index in [9.17, 15) is 24.0 Å². The number of anilines is 2. The van der Waals surface area contributed by atoms with Crippen LogP contribution in [0.2, 0.25) is 15.1 Å². The second kappa shape index (κ2) is 30.0. The monoisotopic (exact) mass is 1540 g/mol. The van der Waals surface area contributed by atoms with Crippen LogP contribution in [-0.2, 0) is 50.9 Å². The first-order valence-electron chi connectivity index (χ1n) is 34.7. The Morgan fingerprint density at radius 1 is 0.523 bits per heavy atom. The number of ether oxygens (including phenoxy) is 1. The van der Waals surface area contributed by atoms with Crippen molar-refractivity contribution in [3.8, 4) is 39.5 Å². The average molecular weight is 1540 g/mol. The first-order valence-corrected chi connectivity index (χ1v) is 35.8. The molecule has 0 unspecified atom stereocenters. The van der Waals surface area contributed by atoms with Crippen LogP contribution in [0.15, 0.2) is 159 Å². The van der Waals surface area contributed by atoms with Crippen LogP contribution < -0.4 is 14.5 Å². The summed E-state index contributed by atoms with van der Waals surface area (Å²) < 4.78 is 25.1. The van der Waals surface area contributed by atoms with E-state index in [1.165, 1.54) is 6.07 Å². The van der Waals surface area contributed by atoms with Crippen LogP contribution in [0, 0.1) is 13.8 Å². The molecular formula is C82H84Cl3N11O10V. The van der Waals surface area contributed by atoms with E-state index in [1.54, 1.807) is 78.7 Å². The molecule has 0 atom stereocenters. The van der Waals surface area contributed by atoms with Crippen LogP contribution >= 0.6 is 34.8 Å². The van der Waals surface area contributed by atoms with Crippen molar-refractivity contribution in [2.24, 2.45) is 0 Å². The van der Waals surface area contributed by atoms with Crippen LogP contribution in [-0.4, -0.2) is 124 Å². The summed E-state index contributed by atoms with van der Waals surface area (Å²) >= 11 is 18.1. The molecular weight excluding hydrogens is 1460 g/mol. The van der Waals surface area contributed by atoms with Crippen molar-refractivity contribution in [2.45, 2.75) is 138 Å². The van der Waals surface area contributed by atoms with Gasteiger partial charge in [0.15, 0.2) is 34.1 Å². The Labute approximate surface area is 647 Å². The summed E-state index contributed by atoms with van der Waals surface area (Å²) in [6, 6.07) is 44.7. The standard InChI is InChI=1S/C36H38ClN5O4.C28H30ClN5O3.C18H16ClNO3.V/c1-22-18-31(42(39-22)21-23-8-14-26(45-7)15-9-23)40-16-17-41(36(5,6)34(40)44)33(43)30-20-29-32(46-30)27(35(2,3)4)19-28(38-29)24-10-12-25(37)13-11-24;1-16-13-23(32-31-16)33-11-12-34(28(5,6)26(33)36)25(35)22-15-21-24(37-22)19(27(2,3)4)14-20(30-21)17-7-9-18(29)10-8-17;1-18(2,3)12-8-13(10-4-6-11(19)7-5-10)20-14-9-15(17(21)22)23-16(12)14;/h8-15,18-20H,16-17,21H2,1-7H3;7-10,13-15H,11-12H2,1-6H3,(H,31,32);4-9H,1-3H3,(H,21,22);. The molecule has 0 bridgehead atoms. The molecule has 25 heteroatoms. The fraction of sp³-hybridized carbons (Fsp3) is 0.317. The molecule has 0 aliphatic carbocycles. The number of aryl methyl sites for hydroxylation is 2. The molecule has 1 radical (unpaired) electrons. The summed E-state index contributed by atoms with van der Waals surface area (Å²) in [4.78, 5) is 87.2. The maximum absolute atomic E-state index is 14.1. The molecule has 2 N–H and O–H groups in total. The molecule has 2 saturated heterocycles. The number of amides is 4. The number of methoxy groups -OCH3 is 1. The summed E-state index contributed by atoms with van der Waals surface area (Å²) in [6.45, 7) is 31.4. The molecule has 10 heterocycles. The third-order valence-electron chi connectivity index (χ3n) is 19.0. The van der Waals surface area contributed by atoms with E-state index < -0.39 is 17.0 Å². The Hall–Kier alpha value is -10.0. The molecule has 2 aliphatic heterocycles. The van der Waals surface area contributed by atoms with Crippen LogP contribution in [0.1, 0.15) is 155 Å². The number of H-pyrrole nitrogens is 1. The number of aromatic carboxylic acids is 1. The second-order valence-corrected chi connectivity index (χ2v) is 32.0. The molecule has 2 fully saturated rings. The molecule has 21 nitrogen and oxygen atoms in total. The van der Waals surface area contributed by atoms with Crippen molar-refractivity contribution < 1.29 is 65.6 Å². The van der Waals surface area contributed by atoms with Gasteiger partial charge in [-0.15, -0.1) is 0 Å². The van der Waals surface area contributed by atoms with E-state index in [4.69, 9.17) is 67.9 Å². The number of halogens is 3. The number of rotatable bonds is 11. The van der Waals surface area contributed by atoms with E-state index >= 15 is 0 Å². The third kappa shape index (κ3) is 16.2. The van der Waals surface area contributed by atoms with Gasteiger partial charge in [0.1, 0.15) is 39.2 Å². The molecule has 2 aliphatic rings. The Balaban J connectivity index is 0.000000168. The minimum atomic E-state index is -1.15. The number of aromatic amines is 1. The second-order valence-electron chi connectivity index (χ2n) is 30.7. The largest absolute Gasteiger partial charge is 0.497 e. The van der Waals surface area contributed by atoms with E-state index in [0.29, 0.717) is 92.7 Å². The number of fused-ring (bicyclic) bond motifs is 3. The number of carboxylic acids is 1. The van der Waals surface area contributed by atoms with Crippen LogP contribution in [0.3, 0.4) is 0 Å². The first kappa shape index (κ1) is 78.1. The SMILES string of the molecule is CC(C)(C)c1cc(-c2ccc(Cl)cc2)nc2cc(C(=O)O)oc12.COc1ccc(Cn2nc(C)cc2N2CCN(C(=O)c3cc4nc(-c5ccc(Cl)cc5)cc(C(C)(C)C)c4o3)C(C)(C)C2=O)cc1.Cc1cc(N2CCN(C(=O)c3cc4nc(-c5ccc(Cl)cc5)cc(C(C)(C)C)c4o3)C(C)(C)C2=O)n[nH]1.[V]. The number of carbonyl (C=O) groups is 5. The number of nitrogens with one attached hydrogen (secondary N) is 1. The average Bonchev–Trinajstić information content (AvgIpc) is 1.62. The van der Waals surface area contributed by atoms with Gasteiger partial charge in [-0.1, -0.05) is 146 Å². The van der Waals surface area contributed by atoms with Crippen molar-refractivity contribution >= 4 is 109 Å². The quantitative estimate of drug-likeness (QED) is 0.122. The van der Waals surface area contributed by atoms with Gasteiger partial charge in [0.2, 0.25) is 5.76 Å². The molecule has 14 rings (SSSR count). The first-order chi connectivity index (χ1) is 49.9. The maximum atomic E-state index is 14.1. The summed E-state index contributed by atoms with van der Waals surface area (Å²) in [7, 11) is 1.63. The fourth-order valence-corrected chi connectivity index (χ4v) is 13.5. The zero-order valence-electron chi connectivity index (χ0n) is 62.6. The summed E-state index contributed by atoms with van der Waals surface area (Å²) in [5, 5.41) is 22.9. The van der Waals surface area contributed by atoms with Gasteiger partial charge in [-0.3, -0.25) is 34.1 Å². The van der Waals surface area contributed by atoms with E-state index in [2.05, 4.69) is 82.6 Å². The van der Waals surface area contributed by atoms with Crippen molar-refractivity contribution in [3.05, 3.63) is 212 Å². The number of hydrogen-bond donors (Lipinski definition) is 2. The molecule has 0 spiro atoms. The minimum Gasteiger partial charge on any atom is -0.497 e. The predicted molar refractivity (Wildman–Crippen MR) is 414 cm³/mol. The Kier molecular flexibility index (Phi) is 21.9. The summed E-state index contributed by atoms with van der Waals surface area (Å²) in [5.74, 6) is 0.0236. The van der Waals surface area contributed by atoms with Gasteiger partial charge in [-0.2, -0.15) is 10.2 Å². The van der Waals surface area contributed by atoms with Gasteiger partial charge in [0.25, 0.3) is 23.6 Å². The number of furan rings is 3. The van der Waals surface area contributed by atoms with Gasteiger partial charge in [-0.05, 0) is 130 Å². The van der Waals surface area contributed by atoms with Crippen LogP contribution in [0.4, 0.5) is 11.6 Å². The zero-order valence-corrected chi connectivity index (χ0v) is 66.2. The van der Waals surface area contributed by atoms with Gasteiger partial charge >= 0.3 is 5.97 Å². The number of carboxylic acid groups (broad SMARTS) is 1. The molecule has 12 aromatic rings. The smallest absolute Gasteiger partial charge is 0.371 e. The predicted octanol–water partition coefficient (Wildman–Crippen LogP) is 18.2. The number of benzene rings is 4. The van der Waals surface area contributed by atoms with Crippen molar-refractivity contribution in [2.75, 3.05) is 43.1 Å². The molecule has 4 amide bonds. The minimum absolute atomic E-state index is 0. The normalized spacial score (nSPS) is 14.6. The van der Waals surface area contributed by atoms with Crippen molar-refractivity contribution in [1.82, 2.24) is 44.7 Å². The van der Waals surface area contributed by atoms with E-state index in [0.717, 1.165) is 73.2 Å². The van der Waals surface area contributed by atoms with Gasteiger partial charge in [0.05, 0.1) is 36.4 Å². The van der Waals surface area contributed by atoms with E-state index in [1.807, 2.05) is 134 Å². The molecule has 8 aromatic heterocycles. The number of hydrogen-bond acceptors (Lipinski definition) is 14. The van der Waals surface area contributed by atoms with Crippen LogP contribution in [0.25, 0.3) is 67.1 Å². The topological polar surface area (TPSA) is 252 Å². The Morgan fingerprint density at radius 2 is 0.897 bits per heavy atom. The van der Waals surface area contributed by atoms with Gasteiger partial charge in [0, 0.05) is 129 Å². The van der Waals surface area contributed by atoms with Crippen molar-refractivity contribution in [1.29, 1.82) is 0 Å². The number of aromatic nitrogens is 7. The fourth-order valence-electron chi connectivity index (χ4n) is 13.1. The number of pyridine rings is 3. The molecule has 553 valence electrons. The molecule has 0 saturated carbocycles. The van der Waals surface area contributed by atoms with Gasteiger partial charge < -0.3 is 32.9 Å². The summed E-state index contributed by atoms with van der Waals surface area (Å²) in [5.41, 5.74) is 10.9. The van der Waals surface area contributed by atoms with Crippen molar-refractivity contribution in [3.63, 3.8) is 0 Å². The zero-order chi connectivity index (χ0) is 76.4. The van der Waals surface area contributed by atoms with E-state index in [-0.39, 0.29) is 75.7 Å². The van der Waals surface area contributed by atoms with Crippen LogP contribution in [0.5, 0.6) is 5.75 Å².